The summed E-state index contributed by atoms with van der Waals surface area (Å²) in [5.74, 6) is -3.03. The van der Waals surface area contributed by atoms with Gasteiger partial charge in [0.1, 0.15) is 0 Å². The highest BCUT2D eigenvalue weighted by atomic mass is 19.4. The van der Waals surface area contributed by atoms with Gasteiger partial charge in [-0.3, -0.25) is 9.59 Å². The van der Waals surface area contributed by atoms with E-state index >= 15 is 0 Å². The van der Waals surface area contributed by atoms with Crippen molar-refractivity contribution < 1.29 is 27.9 Å². The molecule has 8 heteroatoms. The smallest absolute Gasteiger partial charge is 0.396 e. The molecule has 0 aromatic carbocycles. The maximum atomic E-state index is 12.0. The van der Waals surface area contributed by atoms with Crippen LogP contribution in [0, 0.1) is 11.8 Å². The maximum Gasteiger partial charge on any atom is 0.471 e. The Kier molecular flexibility index (Phi) is 5.09. The molecular formula is C10H15F3N2O3. The van der Waals surface area contributed by atoms with Crippen molar-refractivity contribution in [2.24, 2.45) is 11.8 Å². The summed E-state index contributed by atoms with van der Waals surface area (Å²) in [7, 11) is 0. The van der Waals surface area contributed by atoms with Crippen LogP contribution >= 0.6 is 0 Å². The fourth-order valence-electron chi connectivity index (χ4n) is 1.83. The van der Waals surface area contributed by atoms with Gasteiger partial charge in [-0.05, 0) is 12.3 Å². The summed E-state index contributed by atoms with van der Waals surface area (Å²) in [6, 6.07) is 0. The Bertz CT molecular complexity index is 320. The quantitative estimate of drug-likeness (QED) is 0.642. The number of hydrogen-bond donors (Lipinski definition) is 3. The molecule has 5 nitrogen and oxygen atoms in total. The number of amides is 1. The lowest BCUT2D eigenvalue weighted by Crippen LogP contribution is -2.41. The van der Waals surface area contributed by atoms with Crippen molar-refractivity contribution in [2.75, 3.05) is 26.2 Å². The molecule has 1 heterocycles. The number of carbonyl (C=O) groups excluding carboxylic acids is 2. The van der Waals surface area contributed by atoms with Crippen LogP contribution in [0.25, 0.3) is 0 Å². The fourth-order valence-corrected chi connectivity index (χ4v) is 1.83. The van der Waals surface area contributed by atoms with Gasteiger partial charge in [-0.1, -0.05) is 0 Å². The van der Waals surface area contributed by atoms with Crippen molar-refractivity contribution in [3.63, 3.8) is 0 Å². The number of nitrogens with one attached hydrogen (secondary N) is 2. The first kappa shape index (κ1) is 14.9. The molecule has 1 rings (SSSR count). The third-order valence-electron chi connectivity index (χ3n) is 2.83. The van der Waals surface area contributed by atoms with Gasteiger partial charge in [0.2, 0.25) is 0 Å². The molecule has 1 amide bonds. The largest absolute Gasteiger partial charge is 0.471 e. The van der Waals surface area contributed by atoms with E-state index < -0.39 is 18.0 Å². The van der Waals surface area contributed by atoms with Crippen molar-refractivity contribution in [1.29, 1.82) is 0 Å². The molecule has 1 aliphatic rings. The Balaban J connectivity index is 2.47. The van der Waals surface area contributed by atoms with Gasteiger partial charge >= 0.3 is 12.1 Å². The van der Waals surface area contributed by atoms with Gasteiger partial charge in [0.15, 0.2) is 5.78 Å². The lowest BCUT2D eigenvalue weighted by molar-refractivity contribution is -0.173. The number of alkyl halides is 3. The molecule has 0 saturated carbocycles. The molecular weight excluding hydrogens is 253 g/mol. The summed E-state index contributed by atoms with van der Waals surface area (Å²) < 4.78 is 35.9. The molecule has 3 N–H and O–H groups in total. The molecule has 0 radical (unpaired) electrons. The predicted molar refractivity (Wildman–Crippen MR) is 55.6 cm³/mol. The summed E-state index contributed by atoms with van der Waals surface area (Å²) in [4.78, 5) is 22.0. The van der Waals surface area contributed by atoms with E-state index in [-0.39, 0.29) is 37.8 Å². The lowest BCUT2D eigenvalue weighted by Gasteiger charge is -2.18. The van der Waals surface area contributed by atoms with Crippen LogP contribution in [0.4, 0.5) is 13.2 Å². The highest BCUT2D eigenvalue weighted by molar-refractivity contribution is 5.83. The number of carbonyl (C=O) groups is 2. The Morgan fingerprint density at radius 2 is 2.17 bits per heavy atom. The molecule has 0 aromatic heterocycles. The SMILES string of the molecule is O=C1CNCC(CNC(=O)C(F)(F)F)CC1CO. The van der Waals surface area contributed by atoms with Gasteiger partial charge in [-0.25, -0.2) is 0 Å². The van der Waals surface area contributed by atoms with Crippen molar-refractivity contribution in [2.45, 2.75) is 12.6 Å². The molecule has 0 aliphatic carbocycles. The van der Waals surface area contributed by atoms with Crippen molar-refractivity contribution >= 4 is 11.7 Å². The topological polar surface area (TPSA) is 78.4 Å². The van der Waals surface area contributed by atoms with Gasteiger partial charge in [-0.2, -0.15) is 13.2 Å². The second kappa shape index (κ2) is 6.14. The van der Waals surface area contributed by atoms with Crippen LogP contribution in [-0.4, -0.2) is 49.2 Å². The fraction of sp³-hybridized carbons (Fsp3) is 0.800. The maximum absolute atomic E-state index is 12.0. The Morgan fingerprint density at radius 1 is 1.50 bits per heavy atom. The van der Waals surface area contributed by atoms with E-state index in [9.17, 15) is 22.8 Å². The number of Topliss-reactive ketones (excluding diaryl/α,β-unsaturated/α-hetero) is 1. The Labute approximate surface area is 102 Å². The zero-order chi connectivity index (χ0) is 13.8. The van der Waals surface area contributed by atoms with Gasteiger partial charge in [0.25, 0.3) is 0 Å². The van der Waals surface area contributed by atoms with E-state index in [1.807, 2.05) is 0 Å². The first-order chi connectivity index (χ1) is 8.34. The third-order valence-corrected chi connectivity index (χ3v) is 2.83. The van der Waals surface area contributed by atoms with Crippen LogP contribution in [0.5, 0.6) is 0 Å². The summed E-state index contributed by atoms with van der Waals surface area (Å²) in [6.07, 6.45) is -4.63. The van der Waals surface area contributed by atoms with E-state index in [2.05, 4.69) is 5.32 Å². The number of ketones is 1. The molecule has 2 unspecified atom stereocenters. The standard InChI is InChI=1S/C10H15F3N2O3/c11-10(12,13)9(18)15-3-6-1-7(5-16)8(17)4-14-2-6/h6-7,14,16H,1-5H2,(H,15,18). The second-order valence-corrected chi connectivity index (χ2v) is 4.29. The zero-order valence-electron chi connectivity index (χ0n) is 9.59. The molecule has 104 valence electrons. The van der Waals surface area contributed by atoms with Crippen LogP contribution in [0.15, 0.2) is 0 Å². The monoisotopic (exact) mass is 268 g/mol. The lowest BCUT2D eigenvalue weighted by atomic mass is 9.93. The van der Waals surface area contributed by atoms with Gasteiger partial charge < -0.3 is 15.7 Å². The van der Waals surface area contributed by atoms with Crippen LogP contribution in [0.1, 0.15) is 6.42 Å². The summed E-state index contributed by atoms with van der Waals surface area (Å²) >= 11 is 0. The normalized spacial score (nSPS) is 25.7. The summed E-state index contributed by atoms with van der Waals surface area (Å²) in [5, 5.41) is 13.6. The van der Waals surface area contributed by atoms with E-state index in [0.717, 1.165) is 0 Å². The first-order valence-electron chi connectivity index (χ1n) is 5.54. The van der Waals surface area contributed by atoms with Crippen LogP contribution in [0.3, 0.4) is 0 Å². The van der Waals surface area contributed by atoms with Gasteiger partial charge in [0.05, 0.1) is 13.2 Å². The minimum atomic E-state index is -4.90. The third kappa shape index (κ3) is 4.26. The molecule has 0 bridgehead atoms. The number of halogens is 3. The molecule has 1 saturated heterocycles. The molecule has 0 aromatic rings. The highest BCUT2D eigenvalue weighted by Gasteiger charge is 2.38. The minimum absolute atomic E-state index is 0.0922. The van der Waals surface area contributed by atoms with E-state index in [0.29, 0.717) is 6.54 Å². The minimum Gasteiger partial charge on any atom is -0.396 e. The predicted octanol–water partition coefficient (Wildman–Crippen LogP) is -0.548. The average molecular weight is 268 g/mol. The van der Waals surface area contributed by atoms with Gasteiger partial charge in [0, 0.05) is 19.0 Å². The van der Waals surface area contributed by atoms with E-state index in [4.69, 9.17) is 5.11 Å². The van der Waals surface area contributed by atoms with E-state index in [1.165, 1.54) is 0 Å². The van der Waals surface area contributed by atoms with Crippen LogP contribution in [0.2, 0.25) is 0 Å². The van der Waals surface area contributed by atoms with Gasteiger partial charge in [-0.15, -0.1) is 0 Å². The Hall–Kier alpha value is -1.15. The molecule has 1 aliphatic heterocycles. The molecule has 0 spiro atoms. The molecule has 18 heavy (non-hydrogen) atoms. The van der Waals surface area contributed by atoms with Crippen molar-refractivity contribution in [3.8, 4) is 0 Å². The zero-order valence-corrected chi connectivity index (χ0v) is 9.59. The Morgan fingerprint density at radius 3 is 2.72 bits per heavy atom. The molecule has 2 atom stereocenters. The van der Waals surface area contributed by atoms with Crippen molar-refractivity contribution in [3.05, 3.63) is 0 Å². The van der Waals surface area contributed by atoms with Crippen LogP contribution < -0.4 is 10.6 Å². The summed E-state index contributed by atoms with van der Waals surface area (Å²) in [6.45, 7) is -0.0747. The van der Waals surface area contributed by atoms with Crippen molar-refractivity contribution in [1.82, 2.24) is 10.6 Å². The number of rotatable bonds is 3. The molecule has 1 fully saturated rings. The van der Waals surface area contributed by atoms with Crippen LogP contribution in [-0.2, 0) is 9.59 Å². The van der Waals surface area contributed by atoms with E-state index in [1.54, 1.807) is 5.32 Å². The number of aliphatic hydroxyl groups is 1. The average Bonchev–Trinajstić information content (AvgIpc) is 2.46. The summed E-state index contributed by atoms with van der Waals surface area (Å²) in [5.41, 5.74) is 0. The number of aliphatic hydroxyl groups excluding tert-OH is 1. The second-order valence-electron chi connectivity index (χ2n) is 4.29. The first-order valence-corrected chi connectivity index (χ1v) is 5.54. The number of hydrogen-bond acceptors (Lipinski definition) is 4. The highest BCUT2D eigenvalue weighted by Crippen LogP contribution is 2.17.